The van der Waals surface area contributed by atoms with Crippen molar-refractivity contribution in [2.45, 2.75) is 31.1 Å². The van der Waals surface area contributed by atoms with Crippen LogP contribution in [0.25, 0.3) is 0 Å². The molecule has 1 heterocycles. The molecule has 0 radical (unpaired) electrons. The van der Waals surface area contributed by atoms with Gasteiger partial charge in [0.2, 0.25) is 0 Å². The Bertz CT molecular complexity index is 626. The Morgan fingerprint density at radius 3 is 2.33 bits per heavy atom. The van der Waals surface area contributed by atoms with Crippen molar-refractivity contribution in [1.82, 2.24) is 0 Å². The molecule has 0 amide bonds. The fourth-order valence-electron chi connectivity index (χ4n) is 1.93. The second-order valence-corrected chi connectivity index (χ2v) is 7.92. The smallest absolute Gasteiger partial charge is 0.348 e. The number of nitrogens with zero attached hydrogens (tertiary/aromatic N) is 1. The number of thiophene rings is 1. The lowest BCUT2D eigenvalue weighted by Crippen LogP contribution is -2.11. The summed E-state index contributed by atoms with van der Waals surface area (Å²) >= 11 is 2.78. The van der Waals surface area contributed by atoms with E-state index in [9.17, 15) is 4.79 Å². The van der Waals surface area contributed by atoms with E-state index in [1.54, 1.807) is 5.38 Å². The zero-order chi connectivity index (χ0) is 15.6. The van der Waals surface area contributed by atoms with Crippen LogP contribution in [0.2, 0.25) is 0 Å². The SMILES string of the molecule is CN(Sc1ccc(C(C)(C)C)cc1)c1ccsc1C(=O)O. The first kappa shape index (κ1) is 15.9. The summed E-state index contributed by atoms with van der Waals surface area (Å²) in [5.41, 5.74) is 2.16. The van der Waals surface area contributed by atoms with Gasteiger partial charge in [0.15, 0.2) is 0 Å². The molecule has 112 valence electrons. The van der Waals surface area contributed by atoms with Gasteiger partial charge in [-0.15, -0.1) is 11.3 Å². The van der Waals surface area contributed by atoms with Crippen LogP contribution in [0.3, 0.4) is 0 Å². The summed E-state index contributed by atoms with van der Waals surface area (Å²) < 4.78 is 1.89. The van der Waals surface area contributed by atoms with Crippen molar-refractivity contribution in [3.8, 4) is 0 Å². The van der Waals surface area contributed by atoms with E-state index in [-0.39, 0.29) is 5.41 Å². The van der Waals surface area contributed by atoms with E-state index in [0.717, 1.165) is 10.6 Å². The average Bonchev–Trinajstić information content (AvgIpc) is 2.87. The summed E-state index contributed by atoms with van der Waals surface area (Å²) in [7, 11) is 1.89. The fraction of sp³-hybridized carbons (Fsp3) is 0.312. The molecule has 0 saturated heterocycles. The van der Waals surface area contributed by atoms with E-state index in [2.05, 4.69) is 45.0 Å². The van der Waals surface area contributed by atoms with Gasteiger partial charge in [0.25, 0.3) is 0 Å². The third-order valence-electron chi connectivity index (χ3n) is 3.14. The van der Waals surface area contributed by atoms with E-state index in [0.29, 0.717) is 4.88 Å². The van der Waals surface area contributed by atoms with Crippen LogP contribution in [0.5, 0.6) is 0 Å². The van der Waals surface area contributed by atoms with E-state index >= 15 is 0 Å². The summed E-state index contributed by atoms with van der Waals surface area (Å²) in [6, 6.07) is 10.2. The largest absolute Gasteiger partial charge is 0.477 e. The standard InChI is InChI=1S/C16H19NO2S2/c1-16(2,3)11-5-7-12(8-6-11)21-17(4)13-9-10-20-14(13)15(18)19/h5-10H,1-4H3,(H,18,19). The lowest BCUT2D eigenvalue weighted by molar-refractivity contribution is 0.0703. The number of anilines is 1. The Labute approximate surface area is 133 Å². The molecular formula is C16H19NO2S2. The molecule has 5 heteroatoms. The van der Waals surface area contributed by atoms with Crippen molar-refractivity contribution in [1.29, 1.82) is 0 Å². The molecule has 2 aromatic rings. The van der Waals surface area contributed by atoms with Crippen LogP contribution in [0.1, 0.15) is 36.0 Å². The van der Waals surface area contributed by atoms with Crippen molar-refractivity contribution in [2.75, 3.05) is 11.4 Å². The molecule has 0 aliphatic rings. The van der Waals surface area contributed by atoms with Crippen LogP contribution in [0.4, 0.5) is 5.69 Å². The molecule has 21 heavy (non-hydrogen) atoms. The maximum atomic E-state index is 11.2. The molecule has 0 atom stereocenters. The normalized spacial score (nSPS) is 11.4. The number of rotatable bonds is 4. The molecule has 1 N–H and O–H groups in total. The summed E-state index contributed by atoms with van der Waals surface area (Å²) in [6.07, 6.45) is 0. The molecule has 0 aliphatic heterocycles. The summed E-state index contributed by atoms with van der Waals surface area (Å²) in [5.74, 6) is -0.879. The van der Waals surface area contributed by atoms with Crippen LogP contribution >= 0.6 is 23.3 Å². The number of hydrogen-bond donors (Lipinski definition) is 1. The summed E-state index contributed by atoms with van der Waals surface area (Å²) in [4.78, 5) is 12.6. The van der Waals surface area contributed by atoms with Crippen LogP contribution in [0.15, 0.2) is 40.6 Å². The van der Waals surface area contributed by atoms with Crippen molar-refractivity contribution < 1.29 is 9.90 Å². The second-order valence-electron chi connectivity index (χ2n) is 5.80. The number of benzene rings is 1. The monoisotopic (exact) mass is 321 g/mol. The van der Waals surface area contributed by atoms with Crippen LogP contribution in [-0.4, -0.2) is 18.1 Å². The van der Waals surface area contributed by atoms with Gasteiger partial charge in [0.05, 0.1) is 5.69 Å². The highest BCUT2D eigenvalue weighted by Crippen LogP contribution is 2.33. The Morgan fingerprint density at radius 2 is 1.81 bits per heavy atom. The highest BCUT2D eigenvalue weighted by atomic mass is 32.2. The highest BCUT2D eigenvalue weighted by Gasteiger charge is 2.17. The van der Waals surface area contributed by atoms with Gasteiger partial charge in [-0.3, -0.25) is 0 Å². The maximum absolute atomic E-state index is 11.2. The van der Waals surface area contributed by atoms with Crippen molar-refractivity contribution in [3.63, 3.8) is 0 Å². The number of hydrogen-bond acceptors (Lipinski definition) is 4. The van der Waals surface area contributed by atoms with E-state index in [1.807, 2.05) is 17.4 Å². The minimum Gasteiger partial charge on any atom is -0.477 e. The molecule has 1 aromatic carbocycles. The Hall–Kier alpha value is -1.46. The third kappa shape index (κ3) is 3.80. The molecule has 0 bridgehead atoms. The minimum absolute atomic E-state index is 0.138. The zero-order valence-corrected chi connectivity index (χ0v) is 14.2. The van der Waals surface area contributed by atoms with Gasteiger partial charge in [0.1, 0.15) is 4.88 Å². The maximum Gasteiger partial charge on any atom is 0.348 e. The predicted octanol–water partition coefficient (Wildman–Crippen LogP) is 4.89. The highest BCUT2D eigenvalue weighted by molar-refractivity contribution is 8.00. The van der Waals surface area contributed by atoms with Crippen LogP contribution in [-0.2, 0) is 5.41 Å². The first-order valence-electron chi connectivity index (χ1n) is 6.62. The molecular weight excluding hydrogens is 302 g/mol. The first-order chi connectivity index (χ1) is 9.79. The van der Waals surface area contributed by atoms with Gasteiger partial charge in [-0.05, 0) is 46.5 Å². The molecule has 0 spiro atoms. The summed E-state index contributed by atoms with van der Waals surface area (Å²) in [5, 5.41) is 11.0. The first-order valence-corrected chi connectivity index (χ1v) is 8.27. The lowest BCUT2D eigenvalue weighted by atomic mass is 9.87. The van der Waals surface area contributed by atoms with Crippen LogP contribution < -0.4 is 4.31 Å². The quantitative estimate of drug-likeness (QED) is 0.814. The Kier molecular flexibility index (Phi) is 4.64. The molecule has 3 nitrogen and oxygen atoms in total. The van der Waals surface area contributed by atoms with E-state index in [1.165, 1.54) is 28.8 Å². The molecule has 0 saturated carbocycles. The third-order valence-corrected chi connectivity index (χ3v) is 4.99. The number of carboxylic acid groups (broad SMARTS) is 1. The zero-order valence-electron chi connectivity index (χ0n) is 12.6. The van der Waals surface area contributed by atoms with Crippen molar-refractivity contribution in [3.05, 3.63) is 46.2 Å². The summed E-state index contributed by atoms with van der Waals surface area (Å²) in [6.45, 7) is 6.56. The molecule has 1 aromatic heterocycles. The van der Waals surface area contributed by atoms with Gasteiger partial charge >= 0.3 is 5.97 Å². The average molecular weight is 321 g/mol. The Morgan fingerprint density at radius 1 is 1.19 bits per heavy atom. The van der Waals surface area contributed by atoms with E-state index in [4.69, 9.17) is 5.11 Å². The van der Waals surface area contributed by atoms with Gasteiger partial charge < -0.3 is 9.41 Å². The molecule has 2 rings (SSSR count). The van der Waals surface area contributed by atoms with Crippen molar-refractivity contribution >= 4 is 34.9 Å². The fourth-order valence-corrected chi connectivity index (χ4v) is 3.58. The second kappa shape index (κ2) is 6.12. The molecule has 0 unspecified atom stereocenters. The molecule has 0 fully saturated rings. The lowest BCUT2D eigenvalue weighted by Gasteiger charge is -2.20. The topological polar surface area (TPSA) is 40.5 Å². The minimum atomic E-state index is -0.879. The predicted molar refractivity (Wildman–Crippen MR) is 90.7 cm³/mol. The van der Waals surface area contributed by atoms with Crippen LogP contribution in [0, 0.1) is 0 Å². The van der Waals surface area contributed by atoms with Gasteiger partial charge in [-0.25, -0.2) is 4.79 Å². The van der Waals surface area contributed by atoms with Gasteiger partial charge in [-0.1, -0.05) is 32.9 Å². The van der Waals surface area contributed by atoms with Crippen molar-refractivity contribution in [2.24, 2.45) is 0 Å². The number of aromatic carboxylic acids is 1. The number of carbonyl (C=O) groups is 1. The Balaban J connectivity index is 2.14. The number of carboxylic acids is 1. The van der Waals surface area contributed by atoms with Gasteiger partial charge in [0, 0.05) is 11.9 Å². The molecule has 0 aliphatic carbocycles. The van der Waals surface area contributed by atoms with Gasteiger partial charge in [-0.2, -0.15) is 0 Å². The van der Waals surface area contributed by atoms with E-state index < -0.39 is 5.97 Å².